The normalized spacial score (nSPS) is 10.5. The maximum atomic E-state index is 12.8. The monoisotopic (exact) mass is 323 g/mol. The second-order valence-corrected chi connectivity index (χ2v) is 5.12. The fraction of sp³-hybridized carbons (Fsp3) is 0.143. The standard InChI is InChI=1S/C14H11BrFNO2/c1-9-6-11(15)7-17(14(9)19)8-13(18)10-2-4-12(16)5-3-10/h2-7H,8H2,1H3. The molecule has 0 bridgehead atoms. The number of hydrogen-bond acceptors (Lipinski definition) is 2. The number of halogens is 2. The van der Waals surface area contributed by atoms with Crippen molar-refractivity contribution in [2.24, 2.45) is 0 Å². The van der Waals surface area contributed by atoms with Gasteiger partial charge >= 0.3 is 0 Å². The summed E-state index contributed by atoms with van der Waals surface area (Å²) in [5, 5.41) is 0. The summed E-state index contributed by atoms with van der Waals surface area (Å²) in [6, 6.07) is 6.96. The molecule has 2 aromatic rings. The third kappa shape index (κ3) is 3.17. The summed E-state index contributed by atoms with van der Waals surface area (Å²) in [5.41, 5.74) is 0.728. The lowest BCUT2D eigenvalue weighted by Crippen LogP contribution is -2.25. The van der Waals surface area contributed by atoms with Crippen molar-refractivity contribution in [3.05, 3.63) is 68.3 Å². The van der Waals surface area contributed by atoms with Crippen molar-refractivity contribution in [2.45, 2.75) is 13.5 Å². The molecule has 19 heavy (non-hydrogen) atoms. The van der Waals surface area contributed by atoms with Crippen molar-refractivity contribution >= 4 is 21.7 Å². The number of aromatic nitrogens is 1. The molecule has 0 aliphatic carbocycles. The first-order chi connectivity index (χ1) is 8.97. The van der Waals surface area contributed by atoms with Crippen molar-refractivity contribution in [2.75, 3.05) is 0 Å². The van der Waals surface area contributed by atoms with Gasteiger partial charge in [-0.25, -0.2) is 4.39 Å². The molecule has 2 rings (SSSR count). The van der Waals surface area contributed by atoms with Crippen LogP contribution in [0.15, 0.2) is 45.8 Å². The molecule has 0 unspecified atom stereocenters. The van der Waals surface area contributed by atoms with E-state index in [9.17, 15) is 14.0 Å². The molecule has 0 N–H and O–H groups in total. The number of carbonyl (C=O) groups excluding carboxylic acids is 1. The Balaban J connectivity index is 2.29. The van der Waals surface area contributed by atoms with Crippen LogP contribution in [0.3, 0.4) is 0 Å². The van der Waals surface area contributed by atoms with Gasteiger partial charge in [0, 0.05) is 21.8 Å². The molecule has 98 valence electrons. The van der Waals surface area contributed by atoms with Crippen molar-refractivity contribution in [3.8, 4) is 0 Å². The first-order valence-corrected chi connectivity index (χ1v) is 6.42. The average molecular weight is 324 g/mol. The van der Waals surface area contributed by atoms with Gasteiger partial charge in [-0.2, -0.15) is 0 Å². The van der Waals surface area contributed by atoms with Crippen LogP contribution < -0.4 is 5.56 Å². The van der Waals surface area contributed by atoms with Gasteiger partial charge in [-0.15, -0.1) is 0 Å². The van der Waals surface area contributed by atoms with E-state index < -0.39 is 5.82 Å². The summed E-state index contributed by atoms with van der Waals surface area (Å²) in [6.07, 6.45) is 1.57. The van der Waals surface area contributed by atoms with Gasteiger partial charge in [0.2, 0.25) is 0 Å². The first-order valence-electron chi connectivity index (χ1n) is 5.63. The minimum Gasteiger partial charge on any atom is -0.306 e. The van der Waals surface area contributed by atoms with Crippen LogP contribution >= 0.6 is 15.9 Å². The summed E-state index contributed by atoms with van der Waals surface area (Å²) < 4.78 is 14.8. The molecular weight excluding hydrogens is 313 g/mol. The number of hydrogen-bond donors (Lipinski definition) is 0. The molecule has 0 radical (unpaired) electrons. The fourth-order valence-corrected chi connectivity index (χ4v) is 2.33. The maximum absolute atomic E-state index is 12.8. The fourth-order valence-electron chi connectivity index (χ4n) is 1.74. The van der Waals surface area contributed by atoms with E-state index in [0.29, 0.717) is 11.1 Å². The Kier molecular flexibility index (Phi) is 3.95. The summed E-state index contributed by atoms with van der Waals surface area (Å²) in [7, 11) is 0. The summed E-state index contributed by atoms with van der Waals surface area (Å²) in [4.78, 5) is 23.9. The van der Waals surface area contributed by atoms with Crippen molar-refractivity contribution in [1.82, 2.24) is 4.57 Å². The van der Waals surface area contributed by atoms with E-state index in [1.165, 1.54) is 28.8 Å². The van der Waals surface area contributed by atoms with E-state index >= 15 is 0 Å². The van der Waals surface area contributed by atoms with E-state index in [-0.39, 0.29) is 17.9 Å². The maximum Gasteiger partial charge on any atom is 0.253 e. The zero-order valence-corrected chi connectivity index (χ0v) is 11.8. The number of benzene rings is 1. The molecule has 0 saturated carbocycles. The van der Waals surface area contributed by atoms with Gasteiger partial charge in [0.25, 0.3) is 5.56 Å². The van der Waals surface area contributed by atoms with E-state index in [2.05, 4.69) is 15.9 Å². The van der Waals surface area contributed by atoms with Gasteiger partial charge in [-0.05, 0) is 53.2 Å². The van der Waals surface area contributed by atoms with Crippen LogP contribution in [-0.2, 0) is 6.54 Å². The molecule has 0 fully saturated rings. The molecule has 5 heteroatoms. The highest BCUT2D eigenvalue weighted by Gasteiger charge is 2.09. The highest BCUT2D eigenvalue weighted by molar-refractivity contribution is 9.10. The van der Waals surface area contributed by atoms with E-state index in [0.717, 1.165) is 4.47 Å². The Morgan fingerprint density at radius 2 is 1.95 bits per heavy atom. The molecule has 0 amide bonds. The molecule has 0 spiro atoms. The van der Waals surface area contributed by atoms with Gasteiger partial charge in [0.05, 0.1) is 6.54 Å². The summed E-state index contributed by atoms with van der Waals surface area (Å²) in [5.74, 6) is -0.633. The largest absolute Gasteiger partial charge is 0.306 e. The van der Waals surface area contributed by atoms with Crippen LogP contribution in [0, 0.1) is 12.7 Å². The summed E-state index contributed by atoms with van der Waals surface area (Å²) >= 11 is 3.28. The number of Topliss-reactive ketones (excluding diaryl/α,β-unsaturated/α-hetero) is 1. The zero-order valence-electron chi connectivity index (χ0n) is 10.2. The topological polar surface area (TPSA) is 39.1 Å². The number of carbonyl (C=O) groups is 1. The molecule has 0 atom stereocenters. The molecule has 1 aromatic heterocycles. The number of ketones is 1. The predicted octanol–water partition coefficient (Wildman–Crippen LogP) is 2.94. The molecule has 3 nitrogen and oxygen atoms in total. The highest BCUT2D eigenvalue weighted by Crippen LogP contribution is 2.09. The van der Waals surface area contributed by atoms with Crippen LogP contribution in [0.25, 0.3) is 0 Å². The smallest absolute Gasteiger partial charge is 0.253 e. The van der Waals surface area contributed by atoms with Crippen molar-refractivity contribution in [1.29, 1.82) is 0 Å². The van der Waals surface area contributed by atoms with E-state index in [4.69, 9.17) is 0 Å². The Hall–Kier alpha value is -1.75. The third-order valence-electron chi connectivity index (χ3n) is 2.71. The third-order valence-corrected chi connectivity index (χ3v) is 3.15. The number of rotatable bonds is 3. The average Bonchev–Trinajstić information content (AvgIpc) is 2.36. The lowest BCUT2D eigenvalue weighted by Gasteiger charge is -2.07. The van der Waals surface area contributed by atoms with Crippen LogP contribution in [-0.4, -0.2) is 10.4 Å². The van der Waals surface area contributed by atoms with Crippen LogP contribution in [0.1, 0.15) is 15.9 Å². The molecule has 0 aliphatic rings. The second kappa shape index (κ2) is 5.48. The van der Waals surface area contributed by atoms with Gasteiger partial charge < -0.3 is 4.57 Å². The van der Waals surface area contributed by atoms with Gasteiger partial charge in [0.1, 0.15) is 5.82 Å². The van der Waals surface area contributed by atoms with Crippen molar-refractivity contribution in [3.63, 3.8) is 0 Å². The van der Waals surface area contributed by atoms with Crippen molar-refractivity contribution < 1.29 is 9.18 Å². The number of pyridine rings is 1. The highest BCUT2D eigenvalue weighted by atomic mass is 79.9. The molecule has 0 aliphatic heterocycles. The first kappa shape index (κ1) is 13.7. The van der Waals surface area contributed by atoms with E-state index in [1.807, 2.05) is 0 Å². The number of nitrogens with zero attached hydrogens (tertiary/aromatic N) is 1. The Labute approximate surface area is 117 Å². The van der Waals surface area contributed by atoms with Crippen LogP contribution in [0.5, 0.6) is 0 Å². The minimum absolute atomic E-state index is 0.0647. The van der Waals surface area contributed by atoms with Crippen LogP contribution in [0.2, 0.25) is 0 Å². The second-order valence-electron chi connectivity index (χ2n) is 4.20. The molecule has 1 aromatic carbocycles. The molecule has 1 heterocycles. The van der Waals surface area contributed by atoms with Gasteiger partial charge in [-0.1, -0.05) is 0 Å². The lowest BCUT2D eigenvalue weighted by molar-refractivity contribution is 0.0970. The Morgan fingerprint density at radius 1 is 1.32 bits per heavy atom. The van der Waals surface area contributed by atoms with E-state index in [1.54, 1.807) is 19.2 Å². The predicted molar refractivity (Wildman–Crippen MR) is 73.9 cm³/mol. The lowest BCUT2D eigenvalue weighted by atomic mass is 10.1. The SMILES string of the molecule is Cc1cc(Br)cn(CC(=O)c2ccc(F)cc2)c1=O. The van der Waals surface area contributed by atoms with Gasteiger partial charge in [-0.3, -0.25) is 9.59 Å². The zero-order chi connectivity index (χ0) is 14.0. The quantitative estimate of drug-likeness (QED) is 0.815. The molecule has 0 saturated heterocycles. The molecular formula is C14H11BrFNO2. The Bertz CT molecular complexity index is 677. The summed E-state index contributed by atoms with van der Waals surface area (Å²) in [6.45, 7) is 1.62. The minimum atomic E-state index is -0.396. The number of aryl methyl sites for hydroxylation is 1. The Morgan fingerprint density at radius 3 is 2.58 bits per heavy atom. The van der Waals surface area contributed by atoms with Gasteiger partial charge in [0.15, 0.2) is 5.78 Å². The van der Waals surface area contributed by atoms with Crippen LogP contribution in [0.4, 0.5) is 4.39 Å².